The highest BCUT2D eigenvalue weighted by atomic mass is 16.5. The zero-order chi connectivity index (χ0) is 16.9. The summed E-state index contributed by atoms with van der Waals surface area (Å²) in [6.45, 7) is 5.95. The molecule has 1 amide bonds. The second-order valence-corrected chi connectivity index (χ2v) is 7.27. The fourth-order valence-electron chi connectivity index (χ4n) is 3.69. The van der Waals surface area contributed by atoms with Crippen molar-refractivity contribution in [1.82, 2.24) is 5.32 Å². The van der Waals surface area contributed by atoms with Crippen LogP contribution in [0.1, 0.15) is 51.5 Å². The van der Waals surface area contributed by atoms with Gasteiger partial charge in [0.15, 0.2) is 11.5 Å². The fourth-order valence-corrected chi connectivity index (χ4v) is 3.69. The number of carbonyl (C=O) groups excluding carboxylic acids is 1. The number of hydrogen-bond donors (Lipinski definition) is 1. The van der Waals surface area contributed by atoms with Crippen LogP contribution in [0, 0.1) is 11.8 Å². The average molecular weight is 331 g/mol. The van der Waals surface area contributed by atoms with E-state index in [4.69, 9.17) is 9.47 Å². The Morgan fingerprint density at radius 1 is 1.12 bits per heavy atom. The fraction of sp³-hybridized carbons (Fsp3) is 0.650. The van der Waals surface area contributed by atoms with E-state index in [1.54, 1.807) is 0 Å². The van der Waals surface area contributed by atoms with Crippen LogP contribution in [0.25, 0.3) is 0 Å². The Labute approximate surface area is 144 Å². The molecule has 3 atom stereocenters. The number of rotatable bonds is 4. The predicted octanol–water partition coefficient (Wildman–Crippen LogP) is 3.72. The molecule has 0 saturated heterocycles. The average Bonchev–Trinajstić information content (AvgIpc) is 2.82. The van der Waals surface area contributed by atoms with E-state index in [9.17, 15) is 4.79 Å². The minimum absolute atomic E-state index is 0.160. The monoisotopic (exact) mass is 331 g/mol. The Morgan fingerprint density at radius 2 is 1.92 bits per heavy atom. The largest absolute Gasteiger partial charge is 0.490 e. The van der Waals surface area contributed by atoms with Crippen LogP contribution < -0.4 is 14.8 Å². The van der Waals surface area contributed by atoms with Crippen LogP contribution >= 0.6 is 0 Å². The Morgan fingerprint density at radius 3 is 2.75 bits per heavy atom. The molecule has 1 N–H and O–H groups in total. The molecule has 0 aromatic heterocycles. The first-order chi connectivity index (χ1) is 11.6. The molecular weight excluding hydrogens is 302 g/mol. The van der Waals surface area contributed by atoms with Gasteiger partial charge in [0.25, 0.3) is 0 Å². The van der Waals surface area contributed by atoms with Crippen molar-refractivity contribution in [3.63, 3.8) is 0 Å². The molecule has 0 bridgehead atoms. The predicted molar refractivity (Wildman–Crippen MR) is 94.5 cm³/mol. The molecule has 0 spiro atoms. The van der Waals surface area contributed by atoms with E-state index in [1.807, 2.05) is 18.2 Å². The molecule has 1 aromatic carbocycles. The van der Waals surface area contributed by atoms with Gasteiger partial charge in [-0.3, -0.25) is 4.79 Å². The number of carbonyl (C=O) groups is 1. The highest BCUT2D eigenvalue weighted by molar-refractivity contribution is 5.76. The SMILES string of the molecule is CC1CCCC(NC(=O)CCc2ccc3c(c2)OCCCO3)C1C. The minimum Gasteiger partial charge on any atom is -0.490 e. The van der Waals surface area contributed by atoms with E-state index in [0.717, 1.165) is 36.3 Å². The number of nitrogens with one attached hydrogen (secondary N) is 1. The van der Waals surface area contributed by atoms with Crippen LogP contribution in [0.15, 0.2) is 18.2 Å². The van der Waals surface area contributed by atoms with Gasteiger partial charge in [0.2, 0.25) is 5.91 Å². The number of hydrogen-bond acceptors (Lipinski definition) is 3. The molecule has 132 valence electrons. The number of aryl methyl sites for hydroxylation is 1. The summed E-state index contributed by atoms with van der Waals surface area (Å²) in [6, 6.07) is 6.34. The minimum atomic E-state index is 0.160. The number of ether oxygens (including phenoxy) is 2. The Hall–Kier alpha value is -1.71. The van der Waals surface area contributed by atoms with Crippen LogP contribution in [-0.2, 0) is 11.2 Å². The summed E-state index contributed by atoms with van der Waals surface area (Å²) < 4.78 is 11.4. The number of benzene rings is 1. The van der Waals surface area contributed by atoms with Crippen molar-refractivity contribution in [2.75, 3.05) is 13.2 Å². The molecule has 3 unspecified atom stereocenters. The second-order valence-electron chi connectivity index (χ2n) is 7.27. The van der Waals surface area contributed by atoms with Crippen LogP contribution in [-0.4, -0.2) is 25.2 Å². The van der Waals surface area contributed by atoms with Crippen LogP contribution in [0.4, 0.5) is 0 Å². The summed E-state index contributed by atoms with van der Waals surface area (Å²) >= 11 is 0. The van der Waals surface area contributed by atoms with Crippen molar-refractivity contribution in [3.05, 3.63) is 23.8 Å². The van der Waals surface area contributed by atoms with E-state index in [0.29, 0.717) is 37.5 Å². The molecule has 4 nitrogen and oxygen atoms in total. The van der Waals surface area contributed by atoms with Crippen molar-refractivity contribution in [1.29, 1.82) is 0 Å². The molecule has 1 heterocycles. The second kappa shape index (κ2) is 7.91. The lowest BCUT2D eigenvalue weighted by Gasteiger charge is -2.34. The van der Waals surface area contributed by atoms with E-state index in [2.05, 4.69) is 19.2 Å². The van der Waals surface area contributed by atoms with Gasteiger partial charge in [0, 0.05) is 18.9 Å². The molecule has 1 aliphatic carbocycles. The molecule has 1 aromatic rings. The third kappa shape index (κ3) is 4.22. The van der Waals surface area contributed by atoms with Gasteiger partial charge < -0.3 is 14.8 Å². The third-order valence-corrected chi connectivity index (χ3v) is 5.51. The smallest absolute Gasteiger partial charge is 0.220 e. The molecule has 4 heteroatoms. The highest BCUT2D eigenvalue weighted by Crippen LogP contribution is 2.31. The molecular formula is C20H29NO3. The lowest BCUT2D eigenvalue weighted by atomic mass is 9.78. The van der Waals surface area contributed by atoms with Crippen molar-refractivity contribution in [2.24, 2.45) is 11.8 Å². The van der Waals surface area contributed by atoms with E-state index < -0.39 is 0 Å². The van der Waals surface area contributed by atoms with Crippen molar-refractivity contribution in [3.8, 4) is 11.5 Å². The Kier molecular flexibility index (Phi) is 5.64. The summed E-state index contributed by atoms with van der Waals surface area (Å²) in [7, 11) is 0. The van der Waals surface area contributed by atoms with Gasteiger partial charge >= 0.3 is 0 Å². The van der Waals surface area contributed by atoms with Crippen LogP contribution in [0.3, 0.4) is 0 Å². The lowest BCUT2D eigenvalue weighted by molar-refractivity contribution is -0.122. The standard InChI is InChI=1S/C20H29NO3/c1-14-5-3-6-17(15(14)2)21-20(22)10-8-16-7-9-18-19(13-16)24-12-4-11-23-18/h7,9,13-15,17H,3-6,8,10-12H2,1-2H3,(H,21,22). The quantitative estimate of drug-likeness (QED) is 0.915. The van der Waals surface area contributed by atoms with Gasteiger partial charge in [-0.2, -0.15) is 0 Å². The Bertz CT molecular complexity index is 572. The maximum atomic E-state index is 12.3. The van der Waals surface area contributed by atoms with Gasteiger partial charge in [-0.1, -0.05) is 32.8 Å². The number of amides is 1. The zero-order valence-corrected chi connectivity index (χ0v) is 14.8. The Balaban J connectivity index is 1.52. The first kappa shape index (κ1) is 17.1. The molecule has 1 saturated carbocycles. The molecule has 2 aliphatic rings. The normalized spacial score (nSPS) is 26.5. The van der Waals surface area contributed by atoms with Crippen molar-refractivity contribution < 1.29 is 14.3 Å². The number of fused-ring (bicyclic) bond motifs is 1. The highest BCUT2D eigenvalue weighted by Gasteiger charge is 2.27. The molecule has 24 heavy (non-hydrogen) atoms. The first-order valence-corrected chi connectivity index (χ1v) is 9.31. The molecule has 0 radical (unpaired) electrons. The van der Waals surface area contributed by atoms with Gasteiger partial charge in [-0.25, -0.2) is 0 Å². The van der Waals surface area contributed by atoms with E-state index in [1.165, 1.54) is 12.8 Å². The lowest BCUT2D eigenvalue weighted by Crippen LogP contribution is -2.43. The third-order valence-electron chi connectivity index (χ3n) is 5.51. The van der Waals surface area contributed by atoms with Gasteiger partial charge in [0.05, 0.1) is 13.2 Å². The molecule has 1 fully saturated rings. The van der Waals surface area contributed by atoms with Crippen LogP contribution in [0.5, 0.6) is 11.5 Å². The summed E-state index contributed by atoms with van der Waals surface area (Å²) in [5.74, 6) is 3.05. The van der Waals surface area contributed by atoms with Gasteiger partial charge in [-0.05, 0) is 42.4 Å². The summed E-state index contributed by atoms with van der Waals surface area (Å²) in [6.07, 6.45) is 5.78. The van der Waals surface area contributed by atoms with E-state index in [-0.39, 0.29) is 5.91 Å². The van der Waals surface area contributed by atoms with Crippen molar-refractivity contribution >= 4 is 5.91 Å². The maximum absolute atomic E-state index is 12.3. The zero-order valence-electron chi connectivity index (χ0n) is 14.8. The van der Waals surface area contributed by atoms with Crippen LogP contribution in [0.2, 0.25) is 0 Å². The summed E-state index contributed by atoms with van der Waals surface area (Å²) in [4.78, 5) is 12.3. The van der Waals surface area contributed by atoms with Crippen molar-refractivity contribution in [2.45, 2.75) is 58.4 Å². The van der Waals surface area contributed by atoms with Gasteiger partial charge in [0.1, 0.15) is 0 Å². The topological polar surface area (TPSA) is 47.6 Å². The summed E-state index contributed by atoms with van der Waals surface area (Å²) in [5, 5.41) is 3.25. The molecule has 1 aliphatic heterocycles. The van der Waals surface area contributed by atoms with E-state index >= 15 is 0 Å². The summed E-state index contributed by atoms with van der Waals surface area (Å²) in [5.41, 5.74) is 1.12. The molecule has 3 rings (SSSR count). The first-order valence-electron chi connectivity index (χ1n) is 9.31. The maximum Gasteiger partial charge on any atom is 0.220 e. The van der Waals surface area contributed by atoms with Gasteiger partial charge in [-0.15, -0.1) is 0 Å².